The van der Waals surface area contributed by atoms with Crippen molar-refractivity contribution in [3.8, 4) is 6.07 Å². The smallest absolute Gasteiger partial charge is 0.263 e. The van der Waals surface area contributed by atoms with Crippen LogP contribution >= 0.6 is 0 Å². The number of nitriles is 1. The van der Waals surface area contributed by atoms with Gasteiger partial charge in [0.1, 0.15) is 17.4 Å². The number of hydrogen-bond acceptors (Lipinski definition) is 3. The van der Waals surface area contributed by atoms with Crippen molar-refractivity contribution in [1.29, 1.82) is 5.26 Å². The van der Waals surface area contributed by atoms with E-state index in [0.717, 1.165) is 17.2 Å². The molecule has 0 aliphatic carbocycles. The number of nitrogens with one attached hydrogen (secondary N) is 1. The van der Waals surface area contributed by atoms with Crippen molar-refractivity contribution in [1.82, 2.24) is 4.57 Å². The third-order valence-electron chi connectivity index (χ3n) is 4.04. The minimum Gasteiger partial charge on any atom is -0.322 e. The summed E-state index contributed by atoms with van der Waals surface area (Å²) in [6.07, 6.45) is 1.62. The second kappa shape index (κ2) is 7.67. The lowest BCUT2D eigenvalue weighted by molar-refractivity contribution is 0.102. The highest BCUT2D eigenvalue weighted by molar-refractivity contribution is 6.04. The molecule has 0 unspecified atom stereocenters. The first-order valence-corrected chi connectivity index (χ1v) is 8.24. The number of pyridine rings is 1. The van der Waals surface area contributed by atoms with E-state index in [2.05, 4.69) is 5.32 Å². The molecule has 1 N–H and O–H groups in total. The van der Waals surface area contributed by atoms with Crippen LogP contribution < -0.4 is 10.9 Å². The Morgan fingerprint density at radius 1 is 1.19 bits per heavy atom. The summed E-state index contributed by atoms with van der Waals surface area (Å²) in [5.74, 6) is -1.29. The number of aromatic nitrogens is 1. The number of carbonyl (C=O) groups is 1. The maximum Gasteiger partial charge on any atom is 0.263 e. The van der Waals surface area contributed by atoms with Gasteiger partial charge in [0.2, 0.25) is 0 Å². The molecule has 6 heteroatoms. The van der Waals surface area contributed by atoms with E-state index in [9.17, 15) is 14.0 Å². The lowest BCUT2D eigenvalue weighted by Gasteiger charge is -2.10. The van der Waals surface area contributed by atoms with Gasteiger partial charge in [0.05, 0.1) is 12.1 Å². The molecule has 27 heavy (non-hydrogen) atoms. The van der Waals surface area contributed by atoms with Crippen molar-refractivity contribution < 1.29 is 9.18 Å². The average Bonchev–Trinajstić information content (AvgIpc) is 2.65. The van der Waals surface area contributed by atoms with Gasteiger partial charge < -0.3 is 9.88 Å². The Kier molecular flexibility index (Phi) is 5.13. The van der Waals surface area contributed by atoms with E-state index >= 15 is 0 Å². The number of anilines is 1. The van der Waals surface area contributed by atoms with Crippen LogP contribution in [0.3, 0.4) is 0 Å². The van der Waals surface area contributed by atoms with E-state index in [-0.39, 0.29) is 16.8 Å². The predicted molar refractivity (Wildman–Crippen MR) is 100 cm³/mol. The van der Waals surface area contributed by atoms with E-state index in [4.69, 9.17) is 5.26 Å². The van der Waals surface area contributed by atoms with Gasteiger partial charge >= 0.3 is 0 Å². The molecule has 2 aromatic carbocycles. The van der Waals surface area contributed by atoms with Gasteiger partial charge in [-0.15, -0.1) is 0 Å². The summed E-state index contributed by atoms with van der Waals surface area (Å²) >= 11 is 0. The van der Waals surface area contributed by atoms with E-state index in [1.807, 2.05) is 31.2 Å². The summed E-state index contributed by atoms with van der Waals surface area (Å²) in [4.78, 5) is 25.1. The highest BCUT2D eigenvalue weighted by Gasteiger charge is 2.13. The van der Waals surface area contributed by atoms with E-state index < -0.39 is 17.3 Å². The van der Waals surface area contributed by atoms with Crippen molar-refractivity contribution in [2.45, 2.75) is 13.5 Å². The predicted octanol–water partition coefficient (Wildman–Crippen LogP) is 3.47. The fourth-order valence-electron chi connectivity index (χ4n) is 2.73. The largest absolute Gasteiger partial charge is 0.322 e. The molecule has 3 aromatic rings. The average molecular weight is 361 g/mol. The molecule has 1 amide bonds. The Labute approximate surface area is 155 Å². The summed E-state index contributed by atoms with van der Waals surface area (Å²) in [6.45, 7) is 2.31. The molecule has 0 aliphatic heterocycles. The molecule has 0 radical (unpaired) electrons. The molecular weight excluding hydrogens is 345 g/mol. The van der Waals surface area contributed by atoms with Crippen LogP contribution in [0.1, 0.15) is 27.0 Å². The first-order chi connectivity index (χ1) is 13.0. The van der Waals surface area contributed by atoms with Crippen molar-refractivity contribution in [2.24, 2.45) is 0 Å². The van der Waals surface area contributed by atoms with Gasteiger partial charge in [0, 0.05) is 11.9 Å². The topological polar surface area (TPSA) is 74.9 Å². The Balaban J connectivity index is 1.86. The quantitative estimate of drug-likeness (QED) is 0.773. The Morgan fingerprint density at radius 3 is 2.74 bits per heavy atom. The summed E-state index contributed by atoms with van der Waals surface area (Å²) in [7, 11) is 0. The van der Waals surface area contributed by atoms with Crippen molar-refractivity contribution >= 4 is 11.6 Å². The van der Waals surface area contributed by atoms with Crippen molar-refractivity contribution in [2.75, 3.05) is 5.32 Å². The minimum absolute atomic E-state index is 0.0343. The zero-order chi connectivity index (χ0) is 19.4. The lowest BCUT2D eigenvalue weighted by Crippen LogP contribution is -2.29. The van der Waals surface area contributed by atoms with Gasteiger partial charge in [-0.1, -0.05) is 29.8 Å². The van der Waals surface area contributed by atoms with Crippen LogP contribution in [0.25, 0.3) is 0 Å². The number of carbonyl (C=O) groups excluding carboxylic acids is 1. The monoisotopic (exact) mass is 361 g/mol. The van der Waals surface area contributed by atoms with Crippen LogP contribution in [0, 0.1) is 24.1 Å². The normalized spacial score (nSPS) is 10.3. The van der Waals surface area contributed by atoms with Crippen LogP contribution in [0.4, 0.5) is 10.1 Å². The summed E-state index contributed by atoms with van der Waals surface area (Å²) in [6, 6.07) is 16.2. The van der Waals surface area contributed by atoms with E-state index in [1.165, 1.54) is 22.8 Å². The van der Waals surface area contributed by atoms with Gasteiger partial charge in [-0.3, -0.25) is 9.59 Å². The zero-order valence-electron chi connectivity index (χ0n) is 14.6. The number of aryl methyl sites for hydroxylation is 1. The van der Waals surface area contributed by atoms with Crippen LogP contribution in [0.15, 0.2) is 65.6 Å². The molecule has 0 atom stereocenters. The Morgan fingerprint density at radius 2 is 2.00 bits per heavy atom. The number of hydrogen-bond donors (Lipinski definition) is 1. The second-order valence-electron chi connectivity index (χ2n) is 6.10. The van der Waals surface area contributed by atoms with Gasteiger partial charge in [-0.05, 0) is 42.8 Å². The molecule has 3 rings (SSSR count). The molecule has 5 nitrogen and oxygen atoms in total. The molecule has 134 valence electrons. The third-order valence-corrected chi connectivity index (χ3v) is 4.04. The Bertz CT molecular complexity index is 1110. The van der Waals surface area contributed by atoms with Crippen molar-refractivity contribution in [3.63, 3.8) is 0 Å². The molecule has 1 aromatic heterocycles. The number of nitrogens with zero attached hydrogens (tertiary/aromatic N) is 2. The fraction of sp³-hybridized carbons (Fsp3) is 0.0952. The first kappa shape index (κ1) is 18.1. The van der Waals surface area contributed by atoms with Crippen LogP contribution in [0.2, 0.25) is 0 Å². The van der Waals surface area contributed by atoms with E-state index in [1.54, 1.807) is 18.3 Å². The third kappa shape index (κ3) is 4.10. The maximum atomic E-state index is 13.4. The SMILES string of the molecule is Cc1cccc(Cn2cccc(C(=O)Nc3ccc(F)c(C#N)c3)c2=O)c1. The van der Waals surface area contributed by atoms with Gasteiger partial charge in [-0.2, -0.15) is 5.26 Å². The maximum absolute atomic E-state index is 13.4. The number of amides is 1. The molecule has 0 saturated heterocycles. The van der Waals surface area contributed by atoms with Crippen molar-refractivity contribution in [3.05, 3.63) is 99.2 Å². The number of halogens is 1. The van der Waals surface area contributed by atoms with E-state index in [0.29, 0.717) is 6.54 Å². The highest BCUT2D eigenvalue weighted by atomic mass is 19.1. The van der Waals surface area contributed by atoms with Crippen LogP contribution in [-0.4, -0.2) is 10.5 Å². The molecule has 0 spiro atoms. The van der Waals surface area contributed by atoms with Gasteiger partial charge in [0.25, 0.3) is 11.5 Å². The van der Waals surface area contributed by atoms with Crippen LogP contribution in [0.5, 0.6) is 0 Å². The highest BCUT2D eigenvalue weighted by Crippen LogP contribution is 2.14. The van der Waals surface area contributed by atoms with Gasteiger partial charge in [-0.25, -0.2) is 4.39 Å². The molecule has 0 bridgehead atoms. The lowest BCUT2D eigenvalue weighted by atomic mass is 10.1. The van der Waals surface area contributed by atoms with Crippen LogP contribution in [-0.2, 0) is 6.54 Å². The molecule has 0 saturated carbocycles. The number of rotatable bonds is 4. The molecular formula is C21H16FN3O2. The Hall–Kier alpha value is -3.72. The fourth-order valence-corrected chi connectivity index (χ4v) is 2.73. The summed E-state index contributed by atoms with van der Waals surface area (Å²) in [5.41, 5.74) is 1.63. The molecule has 0 fully saturated rings. The molecule has 0 aliphatic rings. The zero-order valence-corrected chi connectivity index (χ0v) is 14.6. The second-order valence-corrected chi connectivity index (χ2v) is 6.10. The molecule has 1 heterocycles. The number of benzene rings is 2. The first-order valence-electron chi connectivity index (χ1n) is 8.24. The summed E-state index contributed by atoms with van der Waals surface area (Å²) in [5, 5.41) is 11.4. The standard InChI is InChI=1S/C21H16FN3O2/c1-14-4-2-5-15(10-14)13-25-9-3-6-18(21(25)27)20(26)24-17-7-8-19(22)16(11-17)12-23/h2-11H,13H2,1H3,(H,24,26). The minimum atomic E-state index is -0.671. The summed E-state index contributed by atoms with van der Waals surface area (Å²) < 4.78 is 14.8. The van der Waals surface area contributed by atoms with Gasteiger partial charge in [0.15, 0.2) is 0 Å².